The minimum absolute atomic E-state index is 0.184. The van der Waals surface area contributed by atoms with Gasteiger partial charge in [0.2, 0.25) is 0 Å². The minimum Gasteiger partial charge on any atom is -0.459 e. The van der Waals surface area contributed by atoms with Gasteiger partial charge in [0.05, 0.1) is 11.8 Å². The number of hydrogen-bond acceptors (Lipinski definition) is 4. The molecule has 2 amide bonds. The summed E-state index contributed by atoms with van der Waals surface area (Å²) in [7, 11) is 0. The van der Waals surface area contributed by atoms with Gasteiger partial charge in [-0.15, -0.1) is 11.3 Å². The van der Waals surface area contributed by atoms with Crippen LogP contribution in [0.25, 0.3) is 0 Å². The lowest BCUT2D eigenvalue weighted by Crippen LogP contribution is -2.27. The van der Waals surface area contributed by atoms with Gasteiger partial charge in [-0.1, -0.05) is 39.0 Å². The fourth-order valence-corrected chi connectivity index (χ4v) is 5.44. The molecule has 0 spiro atoms. The minimum atomic E-state index is -0.346. The quantitative estimate of drug-likeness (QED) is 0.504. The van der Waals surface area contributed by atoms with Crippen molar-refractivity contribution in [2.75, 3.05) is 10.6 Å². The maximum atomic E-state index is 13.4. The number of hydrogen-bond donors (Lipinski definition) is 2. The van der Waals surface area contributed by atoms with Crippen molar-refractivity contribution in [3.05, 3.63) is 70.0 Å². The van der Waals surface area contributed by atoms with E-state index in [1.165, 1.54) is 22.5 Å². The molecule has 1 aromatic carbocycles. The molecule has 1 aliphatic carbocycles. The second-order valence-electron chi connectivity index (χ2n) is 9.21. The lowest BCUT2D eigenvalue weighted by atomic mass is 9.72. The van der Waals surface area contributed by atoms with Crippen molar-refractivity contribution in [1.29, 1.82) is 0 Å². The number of nitrogens with one attached hydrogen (secondary N) is 2. The first kappa shape index (κ1) is 21.4. The van der Waals surface area contributed by atoms with Crippen molar-refractivity contribution in [1.82, 2.24) is 0 Å². The lowest BCUT2D eigenvalue weighted by Gasteiger charge is -2.33. The Kier molecular flexibility index (Phi) is 5.75. The van der Waals surface area contributed by atoms with Crippen molar-refractivity contribution in [3.8, 4) is 0 Å². The predicted octanol–water partition coefficient (Wildman–Crippen LogP) is 6.31. The van der Waals surface area contributed by atoms with Gasteiger partial charge in [0, 0.05) is 10.6 Å². The van der Waals surface area contributed by atoms with Crippen molar-refractivity contribution in [2.45, 2.75) is 47.0 Å². The number of rotatable bonds is 4. The molecule has 1 atom stereocenters. The molecule has 0 aliphatic heterocycles. The number of thiophene rings is 1. The highest BCUT2D eigenvalue weighted by atomic mass is 32.1. The van der Waals surface area contributed by atoms with Gasteiger partial charge < -0.3 is 15.1 Å². The Hall–Kier alpha value is -2.86. The maximum Gasteiger partial charge on any atom is 0.291 e. The zero-order valence-corrected chi connectivity index (χ0v) is 19.2. The first-order valence-corrected chi connectivity index (χ1v) is 11.4. The average molecular weight is 437 g/mol. The largest absolute Gasteiger partial charge is 0.459 e. The third kappa shape index (κ3) is 4.44. The number of carbonyl (C=O) groups is 2. The van der Waals surface area contributed by atoms with E-state index in [9.17, 15) is 9.59 Å². The van der Waals surface area contributed by atoms with Gasteiger partial charge in [0.25, 0.3) is 11.8 Å². The number of aryl methyl sites for hydroxylation is 1. The number of amides is 2. The highest BCUT2D eigenvalue weighted by Gasteiger charge is 2.34. The third-order valence-electron chi connectivity index (χ3n) is 6.08. The maximum absolute atomic E-state index is 13.4. The van der Waals surface area contributed by atoms with Crippen LogP contribution in [0.4, 0.5) is 10.7 Å². The summed E-state index contributed by atoms with van der Waals surface area (Å²) in [6.45, 7) is 8.76. The fraction of sp³-hybridized carbons (Fsp3) is 0.360. The summed E-state index contributed by atoms with van der Waals surface area (Å²) in [5, 5.41) is 6.57. The van der Waals surface area contributed by atoms with Crippen molar-refractivity contribution in [2.24, 2.45) is 11.3 Å². The van der Waals surface area contributed by atoms with Gasteiger partial charge >= 0.3 is 0 Å². The van der Waals surface area contributed by atoms with Gasteiger partial charge in [-0.3, -0.25) is 9.59 Å². The highest BCUT2D eigenvalue weighted by Crippen LogP contribution is 2.44. The van der Waals surface area contributed by atoms with Crippen molar-refractivity contribution >= 4 is 33.8 Å². The molecule has 3 aromatic rings. The molecule has 162 valence electrons. The van der Waals surface area contributed by atoms with Crippen LogP contribution in [-0.4, -0.2) is 11.8 Å². The Morgan fingerprint density at radius 1 is 1.06 bits per heavy atom. The highest BCUT2D eigenvalue weighted by molar-refractivity contribution is 7.17. The number of furan rings is 1. The van der Waals surface area contributed by atoms with E-state index in [4.69, 9.17) is 4.42 Å². The van der Waals surface area contributed by atoms with Crippen LogP contribution in [0.3, 0.4) is 0 Å². The first-order chi connectivity index (χ1) is 14.7. The number of anilines is 2. The van der Waals surface area contributed by atoms with E-state index in [-0.39, 0.29) is 23.0 Å². The normalized spacial score (nSPS) is 15.9. The number of carbonyl (C=O) groups excluding carboxylic acids is 2. The summed E-state index contributed by atoms with van der Waals surface area (Å²) < 4.78 is 5.24. The summed E-state index contributed by atoms with van der Waals surface area (Å²) >= 11 is 1.52. The van der Waals surface area contributed by atoms with Crippen LogP contribution >= 0.6 is 11.3 Å². The fourth-order valence-electron chi connectivity index (χ4n) is 4.12. The smallest absolute Gasteiger partial charge is 0.291 e. The van der Waals surface area contributed by atoms with Crippen LogP contribution in [0.1, 0.15) is 64.1 Å². The van der Waals surface area contributed by atoms with Gasteiger partial charge in [-0.2, -0.15) is 0 Å². The topological polar surface area (TPSA) is 71.3 Å². The molecule has 1 unspecified atom stereocenters. The molecule has 4 rings (SSSR count). The summed E-state index contributed by atoms with van der Waals surface area (Å²) in [5.41, 5.74) is 3.61. The van der Waals surface area contributed by atoms with E-state index in [0.717, 1.165) is 36.1 Å². The molecule has 0 saturated carbocycles. The van der Waals surface area contributed by atoms with Gasteiger partial charge in [-0.05, 0) is 66.8 Å². The molecule has 2 heterocycles. The third-order valence-corrected chi connectivity index (χ3v) is 7.25. The Morgan fingerprint density at radius 3 is 2.52 bits per heavy atom. The Balaban J connectivity index is 1.69. The summed E-state index contributed by atoms with van der Waals surface area (Å²) in [5.74, 6) is 0.236. The van der Waals surface area contributed by atoms with Gasteiger partial charge in [0.1, 0.15) is 5.00 Å². The Morgan fingerprint density at radius 2 is 1.84 bits per heavy atom. The zero-order chi connectivity index (χ0) is 22.2. The van der Waals surface area contributed by atoms with Crippen LogP contribution in [0.15, 0.2) is 47.1 Å². The number of benzene rings is 1. The summed E-state index contributed by atoms with van der Waals surface area (Å²) in [6, 6.07) is 11.0. The van der Waals surface area contributed by atoms with Crippen LogP contribution in [0, 0.1) is 18.3 Å². The Labute approximate surface area is 186 Å². The summed E-state index contributed by atoms with van der Waals surface area (Å²) in [4.78, 5) is 27.2. The van der Waals surface area contributed by atoms with E-state index in [2.05, 4.69) is 31.4 Å². The molecular weight excluding hydrogens is 408 g/mol. The molecule has 0 radical (unpaired) electrons. The standard InChI is InChI=1S/C25H28N2O3S/c1-15-8-5-6-9-18(15)26-23(29)21-17-12-11-16(25(2,3)4)14-20(17)31-24(21)27-22(28)19-10-7-13-30-19/h5-10,13,16H,11-12,14H2,1-4H3,(H,26,29)(H,27,28). The Bertz CT molecular complexity index is 1110. The van der Waals surface area contributed by atoms with Crippen molar-refractivity contribution < 1.29 is 14.0 Å². The zero-order valence-electron chi connectivity index (χ0n) is 18.4. The van der Waals surface area contributed by atoms with Crippen LogP contribution in [-0.2, 0) is 12.8 Å². The molecule has 2 N–H and O–H groups in total. The molecular formula is C25H28N2O3S. The molecule has 0 saturated heterocycles. The van der Waals surface area contributed by atoms with Crippen LogP contribution in [0.5, 0.6) is 0 Å². The van der Waals surface area contributed by atoms with Crippen LogP contribution < -0.4 is 10.6 Å². The van der Waals surface area contributed by atoms with Gasteiger partial charge in [0.15, 0.2) is 5.76 Å². The molecule has 2 aromatic heterocycles. The van der Waals surface area contributed by atoms with E-state index in [1.54, 1.807) is 12.1 Å². The van der Waals surface area contributed by atoms with E-state index >= 15 is 0 Å². The second kappa shape index (κ2) is 8.35. The molecule has 5 nitrogen and oxygen atoms in total. The first-order valence-electron chi connectivity index (χ1n) is 10.6. The number of fused-ring (bicyclic) bond motifs is 1. The van der Waals surface area contributed by atoms with Gasteiger partial charge in [-0.25, -0.2) is 0 Å². The average Bonchev–Trinajstić information content (AvgIpc) is 3.36. The predicted molar refractivity (Wildman–Crippen MR) is 125 cm³/mol. The summed E-state index contributed by atoms with van der Waals surface area (Å²) in [6.07, 6.45) is 4.25. The van der Waals surface area contributed by atoms with E-state index in [0.29, 0.717) is 16.5 Å². The number of para-hydroxylation sites is 1. The molecule has 0 fully saturated rings. The SMILES string of the molecule is Cc1ccccc1NC(=O)c1c(NC(=O)c2ccco2)sc2c1CCC(C(C)(C)C)C2. The molecule has 31 heavy (non-hydrogen) atoms. The second-order valence-corrected chi connectivity index (χ2v) is 10.3. The van der Waals surface area contributed by atoms with E-state index < -0.39 is 0 Å². The molecule has 1 aliphatic rings. The molecule has 0 bridgehead atoms. The monoisotopic (exact) mass is 436 g/mol. The molecule has 6 heteroatoms. The van der Waals surface area contributed by atoms with Crippen LogP contribution in [0.2, 0.25) is 0 Å². The van der Waals surface area contributed by atoms with E-state index in [1.807, 2.05) is 31.2 Å². The lowest BCUT2D eigenvalue weighted by molar-refractivity contribution is 0.0997. The van der Waals surface area contributed by atoms with Crippen molar-refractivity contribution in [3.63, 3.8) is 0 Å².